The van der Waals surface area contributed by atoms with E-state index >= 15 is 0 Å². The Hall–Kier alpha value is -3.67. The third kappa shape index (κ3) is 3.00. The Morgan fingerprint density at radius 3 is 2.46 bits per heavy atom. The van der Waals surface area contributed by atoms with Crippen LogP contribution in [-0.2, 0) is 4.74 Å². The standard InChI is InChI=1S/C20H16N4O2/c1-26-19(25)15-12-10-14(11-13-15)17-8-5-9-18-22-20(23-24(17)18)21-16-6-3-2-4-7-16/h2-13H,1H3,(H,21,23). The van der Waals surface area contributed by atoms with Crippen LogP contribution in [-0.4, -0.2) is 27.7 Å². The van der Waals surface area contributed by atoms with Crippen LogP contribution in [0.15, 0.2) is 72.8 Å². The Balaban J connectivity index is 1.70. The second-order valence-electron chi connectivity index (χ2n) is 5.68. The zero-order valence-electron chi connectivity index (χ0n) is 14.1. The van der Waals surface area contributed by atoms with Crippen LogP contribution in [0.1, 0.15) is 10.4 Å². The molecular formula is C20H16N4O2. The molecule has 0 unspecified atom stereocenters. The lowest BCUT2D eigenvalue weighted by Crippen LogP contribution is -2.01. The second kappa shape index (κ2) is 6.68. The van der Waals surface area contributed by atoms with Crippen molar-refractivity contribution in [1.82, 2.24) is 14.6 Å². The van der Waals surface area contributed by atoms with Crippen LogP contribution >= 0.6 is 0 Å². The first-order valence-corrected chi connectivity index (χ1v) is 8.11. The largest absolute Gasteiger partial charge is 0.465 e. The molecule has 0 spiro atoms. The molecule has 0 aliphatic carbocycles. The number of esters is 1. The number of fused-ring (bicyclic) bond motifs is 1. The van der Waals surface area contributed by atoms with Crippen molar-refractivity contribution >= 4 is 23.3 Å². The molecule has 0 aliphatic rings. The lowest BCUT2D eigenvalue weighted by molar-refractivity contribution is 0.0601. The maximum Gasteiger partial charge on any atom is 0.337 e. The predicted molar refractivity (Wildman–Crippen MR) is 99.5 cm³/mol. The molecule has 0 aliphatic heterocycles. The number of ether oxygens (including phenoxy) is 1. The minimum absolute atomic E-state index is 0.357. The summed E-state index contributed by atoms with van der Waals surface area (Å²) >= 11 is 0. The van der Waals surface area contributed by atoms with E-state index in [9.17, 15) is 4.79 Å². The highest BCUT2D eigenvalue weighted by atomic mass is 16.5. The van der Waals surface area contributed by atoms with Gasteiger partial charge in [-0.15, -0.1) is 5.10 Å². The zero-order chi connectivity index (χ0) is 17.9. The zero-order valence-corrected chi connectivity index (χ0v) is 14.1. The molecule has 2 aromatic heterocycles. The highest BCUT2D eigenvalue weighted by Gasteiger charge is 2.10. The van der Waals surface area contributed by atoms with Crippen LogP contribution in [0, 0.1) is 0 Å². The third-order valence-corrected chi connectivity index (χ3v) is 3.99. The van der Waals surface area contributed by atoms with E-state index in [0.29, 0.717) is 11.5 Å². The summed E-state index contributed by atoms with van der Waals surface area (Å²) < 4.78 is 6.51. The van der Waals surface area contributed by atoms with E-state index in [4.69, 9.17) is 4.74 Å². The summed E-state index contributed by atoms with van der Waals surface area (Å²) in [5.41, 5.74) is 3.98. The monoisotopic (exact) mass is 344 g/mol. The van der Waals surface area contributed by atoms with Crippen molar-refractivity contribution in [3.63, 3.8) is 0 Å². The molecule has 128 valence electrons. The number of nitrogens with zero attached hydrogens (tertiary/aromatic N) is 3. The molecule has 4 aromatic rings. The first-order chi connectivity index (χ1) is 12.7. The normalized spacial score (nSPS) is 10.7. The summed E-state index contributed by atoms with van der Waals surface area (Å²) in [5.74, 6) is 0.166. The van der Waals surface area contributed by atoms with Crippen LogP contribution in [0.3, 0.4) is 0 Å². The van der Waals surface area contributed by atoms with Crippen LogP contribution in [0.4, 0.5) is 11.6 Å². The van der Waals surface area contributed by atoms with Gasteiger partial charge in [0.05, 0.1) is 18.4 Å². The average Bonchev–Trinajstić information content (AvgIpc) is 3.10. The lowest BCUT2D eigenvalue weighted by atomic mass is 10.1. The summed E-state index contributed by atoms with van der Waals surface area (Å²) in [6, 6.07) is 22.8. The SMILES string of the molecule is COC(=O)c1ccc(-c2cccc3nc(Nc4ccccc4)nn23)cc1. The fraction of sp³-hybridized carbons (Fsp3) is 0.0500. The van der Waals surface area contributed by atoms with Gasteiger partial charge in [-0.05, 0) is 36.4 Å². The van der Waals surface area contributed by atoms with E-state index < -0.39 is 0 Å². The van der Waals surface area contributed by atoms with Gasteiger partial charge in [-0.1, -0.05) is 36.4 Å². The van der Waals surface area contributed by atoms with Crippen LogP contribution in [0.25, 0.3) is 16.9 Å². The van der Waals surface area contributed by atoms with Gasteiger partial charge >= 0.3 is 5.97 Å². The number of hydrogen-bond donors (Lipinski definition) is 1. The first-order valence-electron chi connectivity index (χ1n) is 8.11. The van der Waals surface area contributed by atoms with Gasteiger partial charge < -0.3 is 10.1 Å². The first kappa shape index (κ1) is 15.8. The number of hydrogen-bond acceptors (Lipinski definition) is 5. The maximum atomic E-state index is 11.6. The Morgan fingerprint density at radius 1 is 0.962 bits per heavy atom. The van der Waals surface area contributed by atoms with Gasteiger partial charge in [0.1, 0.15) is 0 Å². The summed E-state index contributed by atoms with van der Waals surface area (Å²) in [6.45, 7) is 0. The molecule has 2 aromatic carbocycles. The van der Waals surface area contributed by atoms with Gasteiger partial charge in [0.25, 0.3) is 0 Å². The molecule has 0 atom stereocenters. The fourth-order valence-corrected chi connectivity index (χ4v) is 2.72. The maximum absolute atomic E-state index is 11.6. The molecule has 0 saturated heterocycles. The lowest BCUT2D eigenvalue weighted by Gasteiger charge is -2.05. The molecule has 1 N–H and O–H groups in total. The number of rotatable bonds is 4. The summed E-state index contributed by atoms with van der Waals surface area (Å²) in [5, 5.41) is 7.76. The molecule has 0 fully saturated rings. The van der Waals surface area contributed by atoms with E-state index in [1.165, 1.54) is 7.11 Å². The van der Waals surface area contributed by atoms with Crippen molar-refractivity contribution in [2.24, 2.45) is 0 Å². The molecule has 0 radical (unpaired) electrons. The summed E-state index contributed by atoms with van der Waals surface area (Å²) in [7, 11) is 1.37. The number of carbonyl (C=O) groups is 1. The number of pyridine rings is 1. The molecule has 0 saturated carbocycles. The summed E-state index contributed by atoms with van der Waals surface area (Å²) in [4.78, 5) is 16.1. The highest BCUT2D eigenvalue weighted by Crippen LogP contribution is 2.22. The van der Waals surface area contributed by atoms with Crippen molar-refractivity contribution in [3.8, 4) is 11.3 Å². The van der Waals surface area contributed by atoms with Crippen LogP contribution in [0.2, 0.25) is 0 Å². The van der Waals surface area contributed by atoms with Crippen molar-refractivity contribution in [3.05, 3.63) is 78.4 Å². The quantitative estimate of drug-likeness (QED) is 0.568. The van der Waals surface area contributed by atoms with Crippen molar-refractivity contribution in [2.75, 3.05) is 12.4 Å². The van der Waals surface area contributed by atoms with Gasteiger partial charge in [-0.25, -0.2) is 9.31 Å². The van der Waals surface area contributed by atoms with Gasteiger partial charge in [-0.3, -0.25) is 0 Å². The van der Waals surface area contributed by atoms with E-state index in [1.54, 1.807) is 16.6 Å². The third-order valence-electron chi connectivity index (χ3n) is 3.99. The Labute approximate surface area is 150 Å². The van der Waals surface area contributed by atoms with Gasteiger partial charge in [0, 0.05) is 11.3 Å². The van der Waals surface area contributed by atoms with Crippen molar-refractivity contribution in [2.45, 2.75) is 0 Å². The van der Waals surface area contributed by atoms with E-state index in [-0.39, 0.29) is 5.97 Å². The second-order valence-corrected chi connectivity index (χ2v) is 5.68. The highest BCUT2D eigenvalue weighted by molar-refractivity contribution is 5.89. The number of nitrogens with one attached hydrogen (secondary N) is 1. The molecular weight excluding hydrogens is 328 g/mol. The smallest absolute Gasteiger partial charge is 0.337 e. The minimum Gasteiger partial charge on any atom is -0.465 e. The number of methoxy groups -OCH3 is 1. The average molecular weight is 344 g/mol. The Morgan fingerprint density at radius 2 is 1.73 bits per heavy atom. The van der Waals surface area contributed by atoms with Gasteiger partial charge in [0.2, 0.25) is 5.95 Å². The summed E-state index contributed by atoms with van der Waals surface area (Å²) in [6.07, 6.45) is 0. The molecule has 6 nitrogen and oxygen atoms in total. The number of anilines is 2. The fourth-order valence-electron chi connectivity index (χ4n) is 2.72. The number of carbonyl (C=O) groups excluding carboxylic acids is 1. The number of benzene rings is 2. The van der Waals surface area contributed by atoms with E-state index in [1.807, 2.05) is 60.7 Å². The van der Waals surface area contributed by atoms with E-state index in [2.05, 4.69) is 15.4 Å². The molecule has 26 heavy (non-hydrogen) atoms. The molecule has 0 amide bonds. The van der Waals surface area contributed by atoms with Crippen LogP contribution < -0.4 is 5.32 Å². The number of aromatic nitrogens is 3. The van der Waals surface area contributed by atoms with E-state index in [0.717, 1.165) is 22.6 Å². The van der Waals surface area contributed by atoms with Crippen molar-refractivity contribution < 1.29 is 9.53 Å². The minimum atomic E-state index is -0.357. The molecule has 6 heteroatoms. The van der Waals surface area contributed by atoms with Gasteiger partial charge in [-0.2, -0.15) is 4.98 Å². The predicted octanol–water partition coefficient (Wildman–Crippen LogP) is 3.93. The van der Waals surface area contributed by atoms with Gasteiger partial charge in [0.15, 0.2) is 5.65 Å². The number of para-hydroxylation sites is 1. The molecule has 4 rings (SSSR count). The topological polar surface area (TPSA) is 68.5 Å². The molecule has 0 bridgehead atoms. The van der Waals surface area contributed by atoms with Crippen LogP contribution in [0.5, 0.6) is 0 Å². The Kier molecular flexibility index (Phi) is 4.07. The van der Waals surface area contributed by atoms with Crippen molar-refractivity contribution in [1.29, 1.82) is 0 Å². The Bertz CT molecular complexity index is 1060. The molecule has 2 heterocycles.